The van der Waals surface area contributed by atoms with Crippen molar-refractivity contribution in [3.63, 3.8) is 0 Å². The molecule has 0 aromatic rings. The van der Waals surface area contributed by atoms with Gasteiger partial charge in [-0.15, -0.1) is 0 Å². The molecule has 0 heterocycles. The molecule has 1 rings (SSSR count). The summed E-state index contributed by atoms with van der Waals surface area (Å²) in [5, 5.41) is 0. The minimum atomic E-state index is 0.741. The molecule has 1 aliphatic rings. The molecule has 0 amide bonds. The highest BCUT2D eigenvalue weighted by Gasteiger charge is 2.16. The third-order valence-electron chi connectivity index (χ3n) is 1.08. The molecule has 0 N–H and O–H groups in total. The number of carbonyl (C=O) groups excluding carboxylic acids is 1. The molecule has 1 saturated carbocycles. The maximum absolute atomic E-state index is 9.65. The zero-order valence-corrected chi connectivity index (χ0v) is 4.13. The van der Waals surface area contributed by atoms with Gasteiger partial charge in [0.1, 0.15) is 6.29 Å². The van der Waals surface area contributed by atoms with Crippen molar-refractivity contribution >= 4 is 6.29 Å². The fraction of sp³-hybridized carbons (Fsp3) is 0.500. The fourth-order valence-corrected chi connectivity index (χ4v) is 0.491. The van der Waals surface area contributed by atoms with Crippen molar-refractivity contribution in [2.24, 2.45) is 5.92 Å². The van der Waals surface area contributed by atoms with E-state index in [-0.39, 0.29) is 0 Å². The SMILES string of the molecule is O=CC=CC1CC1. The molecule has 1 heteroatoms. The lowest BCUT2D eigenvalue weighted by molar-refractivity contribution is -0.104. The Morgan fingerprint density at radius 2 is 2.14 bits per heavy atom. The lowest BCUT2D eigenvalue weighted by Crippen LogP contribution is -1.62. The van der Waals surface area contributed by atoms with Crippen molar-refractivity contribution in [1.82, 2.24) is 0 Å². The number of rotatable bonds is 2. The topological polar surface area (TPSA) is 17.1 Å². The summed E-state index contributed by atoms with van der Waals surface area (Å²) in [7, 11) is 0. The summed E-state index contributed by atoms with van der Waals surface area (Å²) in [5.74, 6) is 0.741. The lowest BCUT2D eigenvalue weighted by Gasteiger charge is -1.69. The molecule has 1 fully saturated rings. The average molecular weight is 96.1 g/mol. The van der Waals surface area contributed by atoms with Crippen LogP contribution in [0.25, 0.3) is 0 Å². The van der Waals surface area contributed by atoms with Crippen LogP contribution in [-0.4, -0.2) is 6.29 Å². The molecule has 0 unspecified atom stereocenters. The van der Waals surface area contributed by atoms with Crippen LogP contribution in [0, 0.1) is 5.92 Å². The molecule has 0 saturated heterocycles. The molecular weight excluding hydrogens is 88.1 g/mol. The number of allylic oxidation sites excluding steroid dienone is 2. The number of aldehydes is 1. The van der Waals surface area contributed by atoms with Crippen molar-refractivity contribution in [2.75, 3.05) is 0 Å². The third-order valence-corrected chi connectivity index (χ3v) is 1.08. The summed E-state index contributed by atoms with van der Waals surface area (Å²) in [6, 6.07) is 0. The van der Waals surface area contributed by atoms with Gasteiger partial charge in [0.15, 0.2) is 0 Å². The zero-order valence-electron chi connectivity index (χ0n) is 4.13. The van der Waals surface area contributed by atoms with E-state index in [1.807, 2.05) is 6.08 Å². The van der Waals surface area contributed by atoms with Gasteiger partial charge in [0.25, 0.3) is 0 Å². The molecule has 0 bridgehead atoms. The van der Waals surface area contributed by atoms with Gasteiger partial charge in [0.2, 0.25) is 0 Å². The van der Waals surface area contributed by atoms with Crippen LogP contribution in [0.4, 0.5) is 0 Å². The standard InChI is InChI=1S/C6H8O/c7-5-1-2-6-3-4-6/h1-2,5-6H,3-4H2. The molecule has 1 aliphatic carbocycles. The predicted octanol–water partition coefficient (Wildman–Crippen LogP) is 1.15. The smallest absolute Gasteiger partial charge is 0.142 e. The van der Waals surface area contributed by atoms with Gasteiger partial charge in [-0.2, -0.15) is 0 Å². The Labute approximate surface area is 43.0 Å². The zero-order chi connectivity index (χ0) is 5.11. The van der Waals surface area contributed by atoms with E-state index in [4.69, 9.17) is 0 Å². The van der Waals surface area contributed by atoms with Crippen molar-refractivity contribution in [2.45, 2.75) is 12.8 Å². The second kappa shape index (κ2) is 1.92. The van der Waals surface area contributed by atoms with Crippen LogP contribution < -0.4 is 0 Å². The summed E-state index contributed by atoms with van der Waals surface area (Å²) in [4.78, 5) is 9.65. The summed E-state index contributed by atoms with van der Waals surface area (Å²) < 4.78 is 0. The van der Waals surface area contributed by atoms with E-state index in [0.717, 1.165) is 12.2 Å². The first kappa shape index (κ1) is 4.57. The fourth-order valence-electron chi connectivity index (χ4n) is 0.491. The molecule has 0 radical (unpaired) electrons. The maximum Gasteiger partial charge on any atom is 0.142 e. The van der Waals surface area contributed by atoms with Crippen molar-refractivity contribution in [3.8, 4) is 0 Å². The number of hydrogen-bond acceptors (Lipinski definition) is 1. The average Bonchev–Trinajstić information content (AvgIpc) is 2.42. The normalized spacial score (nSPS) is 20.6. The van der Waals surface area contributed by atoms with E-state index in [1.54, 1.807) is 6.08 Å². The molecule has 0 atom stereocenters. The van der Waals surface area contributed by atoms with E-state index in [1.165, 1.54) is 12.8 Å². The van der Waals surface area contributed by atoms with Gasteiger partial charge in [0.05, 0.1) is 0 Å². The summed E-state index contributed by atoms with van der Waals surface area (Å²) >= 11 is 0. The minimum Gasteiger partial charge on any atom is -0.299 e. The first-order chi connectivity index (χ1) is 3.43. The van der Waals surface area contributed by atoms with Gasteiger partial charge in [-0.1, -0.05) is 6.08 Å². The van der Waals surface area contributed by atoms with Crippen LogP contribution in [0.3, 0.4) is 0 Å². The number of hydrogen-bond donors (Lipinski definition) is 0. The van der Waals surface area contributed by atoms with Gasteiger partial charge in [-0.05, 0) is 24.8 Å². The first-order valence-electron chi connectivity index (χ1n) is 2.55. The summed E-state index contributed by atoms with van der Waals surface area (Å²) in [5.41, 5.74) is 0. The Kier molecular flexibility index (Phi) is 1.25. The Hall–Kier alpha value is -0.590. The molecule has 38 valence electrons. The largest absolute Gasteiger partial charge is 0.299 e. The number of carbonyl (C=O) groups is 1. The van der Waals surface area contributed by atoms with E-state index >= 15 is 0 Å². The molecule has 7 heavy (non-hydrogen) atoms. The quantitative estimate of drug-likeness (QED) is 0.372. The Balaban J connectivity index is 2.17. The van der Waals surface area contributed by atoms with E-state index in [9.17, 15) is 4.79 Å². The van der Waals surface area contributed by atoms with Crippen molar-refractivity contribution < 1.29 is 4.79 Å². The lowest BCUT2D eigenvalue weighted by atomic mass is 10.4. The molecule has 0 spiro atoms. The molecule has 0 aromatic carbocycles. The molecule has 0 aliphatic heterocycles. The van der Waals surface area contributed by atoms with Gasteiger partial charge in [0, 0.05) is 0 Å². The Bertz CT molecular complexity index is 90.4. The third kappa shape index (κ3) is 1.53. The van der Waals surface area contributed by atoms with Gasteiger partial charge >= 0.3 is 0 Å². The van der Waals surface area contributed by atoms with Crippen molar-refractivity contribution in [3.05, 3.63) is 12.2 Å². The molecule has 1 nitrogen and oxygen atoms in total. The predicted molar refractivity (Wildman–Crippen MR) is 27.9 cm³/mol. The van der Waals surface area contributed by atoms with Crippen LogP contribution >= 0.6 is 0 Å². The highest BCUT2D eigenvalue weighted by atomic mass is 16.1. The molecule has 0 aromatic heterocycles. The van der Waals surface area contributed by atoms with Crippen LogP contribution in [0.1, 0.15) is 12.8 Å². The second-order valence-electron chi connectivity index (χ2n) is 1.86. The van der Waals surface area contributed by atoms with E-state index in [2.05, 4.69) is 0 Å². The first-order valence-corrected chi connectivity index (χ1v) is 2.55. The Morgan fingerprint density at radius 1 is 1.43 bits per heavy atom. The van der Waals surface area contributed by atoms with Crippen LogP contribution in [0.5, 0.6) is 0 Å². The summed E-state index contributed by atoms with van der Waals surface area (Å²) in [6.45, 7) is 0. The minimum absolute atomic E-state index is 0.741. The van der Waals surface area contributed by atoms with Crippen LogP contribution in [0.15, 0.2) is 12.2 Å². The highest BCUT2D eigenvalue weighted by Crippen LogP contribution is 2.29. The molecular formula is C6H8O. The van der Waals surface area contributed by atoms with Gasteiger partial charge in [-0.3, -0.25) is 4.79 Å². The van der Waals surface area contributed by atoms with Crippen LogP contribution in [0.2, 0.25) is 0 Å². The monoisotopic (exact) mass is 96.1 g/mol. The Morgan fingerprint density at radius 3 is 2.57 bits per heavy atom. The summed E-state index contributed by atoms with van der Waals surface area (Å²) in [6.07, 6.45) is 6.94. The van der Waals surface area contributed by atoms with E-state index in [0.29, 0.717) is 0 Å². The highest BCUT2D eigenvalue weighted by molar-refractivity contribution is 5.64. The second-order valence-corrected chi connectivity index (χ2v) is 1.86. The van der Waals surface area contributed by atoms with Gasteiger partial charge < -0.3 is 0 Å². The van der Waals surface area contributed by atoms with Gasteiger partial charge in [-0.25, -0.2) is 0 Å². The maximum atomic E-state index is 9.65. The van der Waals surface area contributed by atoms with Crippen molar-refractivity contribution in [1.29, 1.82) is 0 Å². The van der Waals surface area contributed by atoms with Crippen LogP contribution in [-0.2, 0) is 4.79 Å². The van der Waals surface area contributed by atoms with E-state index < -0.39 is 0 Å².